The number of ether oxygens (including phenoxy) is 3. The van der Waals surface area contributed by atoms with Gasteiger partial charge in [0, 0.05) is 17.8 Å². The quantitative estimate of drug-likeness (QED) is 0.408. The summed E-state index contributed by atoms with van der Waals surface area (Å²) in [5, 5.41) is 0. The van der Waals surface area contributed by atoms with Crippen molar-refractivity contribution in [1.29, 1.82) is 0 Å². The second kappa shape index (κ2) is 7.42. The highest BCUT2D eigenvalue weighted by atomic mass is 16.7. The molecular formula is C29H38O4. The minimum Gasteiger partial charge on any atom is -0.458 e. The lowest BCUT2D eigenvalue weighted by Gasteiger charge is -2.67. The zero-order valence-corrected chi connectivity index (χ0v) is 20.2. The molecule has 4 saturated carbocycles. The molecule has 0 aromatic heterocycles. The van der Waals surface area contributed by atoms with Gasteiger partial charge in [0.1, 0.15) is 6.10 Å². The molecule has 7 atom stereocenters. The Hall–Kier alpha value is -1.65. The summed E-state index contributed by atoms with van der Waals surface area (Å²) in [6.07, 6.45) is 11.1. The van der Waals surface area contributed by atoms with E-state index < -0.39 is 5.79 Å². The summed E-state index contributed by atoms with van der Waals surface area (Å²) in [7, 11) is 0. The lowest BCUT2D eigenvalue weighted by molar-refractivity contribution is -0.292. The summed E-state index contributed by atoms with van der Waals surface area (Å²) in [6, 6.07) is 9.46. The highest BCUT2D eigenvalue weighted by Gasteiger charge is 2.74. The van der Waals surface area contributed by atoms with Crippen LogP contribution in [0, 0.1) is 34.0 Å². The van der Waals surface area contributed by atoms with Gasteiger partial charge in [0.15, 0.2) is 5.79 Å². The molecule has 1 saturated heterocycles. The third-order valence-electron chi connectivity index (χ3n) is 10.9. The van der Waals surface area contributed by atoms with Crippen molar-refractivity contribution in [3.8, 4) is 0 Å². The third-order valence-corrected chi connectivity index (χ3v) is 10.9. The molecule has 4 aliphatic carbocycles. The SMILES string of the molecule is C=C[C@H]1CCC[C@@]2(C)[C@H]1[C@H](OC(=O)c1ccccc1)C[C@H]1CC3(OCCO3)[C@@]3(C)CC[C@]12C3. The normalized spacial score (nSPS) is 45.3. The van der Waals surface area contributed by atoms with Crippen LogP contribution in [0.5, 0.6) is 0 Å². The van der Waals surface area contributed by atoms with Crippen LogP contribution in [0.3, 0.4) is 0 Å². The van der Waals surface area contributed by atoms with E-state index in [9.17, 15) is 4.79 Å². The molecule has 33 heavy (non-hydrogen) atoms. The predicted octanol–water partition coefficient (Wildman–Crippen LogP) is 6.16. The van der Waals surface area contributed by atoms with E-state index in [1.807, 2.05) is 30.3 Å². The fourth-order valence-electron chi connectivity index (χ4n) is 9.38. The van der Waals surface area contributed by atoms with E-state index in [2.05, 4.69) is 26.5 Å². The van der Waals surface area contributed by atoms with Crippen molar-refractivity contribution < 1.29 is 19.0 Å². The zero-order valence-electron chi connectivity index (χ0n) is 20.2. The van der Waals surface area contributed by atoms with Crippen LogP contribution in [0.4, 0.5) is 0 Å². The minimum atomic E-state index is -0.457. The van der Waals surface area contributed by atoms with Crippen LogP contribution in [-0.2, 0) is 14.2 Å². The van der Waals surface area contributed by atoms with E-state index >= 15 is 0 Å². The Balaban J connectivity index is 1.40. The first kappa shape index (κ1) is 21.9. The molecule has 1 heterocycles. The zero-order chi connectivity index (χ0) is 22.9. The highest BCUT2D eigenvalue weighted by molar-refractivity contribution is 5.89. The number of carbonyl (C=O) groups excluding carboxylic acids is 1. The lowest BCUT2D eigenvalue weighted by Crippen LogP contribution is -2.65. The molecule has 4 heteroatoms. The van der Waals surface area contributed by atoms with E-state index in [0.29, 0.717) is 36.5 Å². The molecule has 1 aliphatic heterocycles. The Morgan fingerprint density at radius 2 is 1.88 bits per heavy atom. The Morgan fingerprint density at radius 3 is 2.61 bits per heavy atom. The number of carbonyl (C=O) groups is 1. The summed E-state index contributed by atoms with van der Waals surface area (Å²) in [6.45, 7) is 10.6. The predicted molar refractivity (Wildman–Crippen MR) is 127 cm³/mol. The van der Waals surface area contributed by atoms with Crippen LogP contribution in [-0.4, -0.2) is 31.1 Å². The Kier molecular flexibility index (Phi) is 4.92. The van der Waals surface area contributed by atoms with E-state index in [1.54, 1.807) is 0 Å². The van der Waals surface area contributed by atoms with Crippen LogP contribution in [0.15, 0.2) is 43.0 Å². The number of fused-ring (bicyclic) bond motifs is 3. The van der Waals surface area contributed by atoms with Gasteiger partial charge >= 0.3 is 5.97 Å². The second-order valence-electron chi connectivity index (χ2n) is 12.0. The molecule has 5 aliphatic rings. The molecule has 4 nitrogen and oxygen atoms in total. The van der Waals surface area contributed by atoms with Crippen LogP contribution in [0.2, 0.25) is 0 Å². The van der Waals surface area contributed by atoms with Crippen LogP contribution >= 0.6 is 0 Å². The molecule has 0 amide bonds. The van der Waals surface area contributed by atoms with Crippen LogP contribution in [0.25, 0.3) is 0 Å². The van der Waals surface area contributed by atoms with Crippen molar-refractivity contribution >= 4 is 5.97 Å². The first-order valence-electron chi connectivity index (χ1n) is 13.0. The molecule has 178 valence electrons. The molecule has 1 aromatic carbocycles. The fourth-order valence-corrected chi connectivity index (χ4v) is 9.38. The standard InChI is InChI=1S/C29H38O4/c1-4-20-11-8-12-27(3)24(20)23(33-25(30)21-9-6-5-7-10-21)17-22-18-29(31-15-16-32-29)26(2)13-14-28(22,27)19-26/h4-7,9-10,20,22-24H,1,8,11-19H2,2-3H3/t20-,22-,23+,24+,26-,27-,28-/m0/s1. The number of hydrogen-bond acceptors (Lipinski definition) is 4. The number of rotatable bonds is 3. The third kappa shape index (κ3) is 2.86. The van der Waals surface area contributed by atoms with E-state index in [4.69, 9.17) is 14.2 Å². The van der Waals surface area contributed by atoms with Crippen molar-refractivity contribution in [2.24, 2.45) is 34.0 Å². The summed E-state index contributed by atoms with van der Waals surface area (Å²) in [5.74, 6) is 0.525. The number of hydrogen-bond donors (Lipinski definition) is 0. The summed E-state index contributed by atoms with van der Waals surface area (Å²) < 4.78 is 19.2. The first-order chi connectivity index (χ1) is 15.9. The Morgan fingerprint density at radius 1 is 1.12 bits per heavy atom. The molecule has 1 aromatic rings. The molecule has 6 rings (SSSR count). The van der Waals surface area contributed by atoms with E-state index in [1.165, 1.54) is 32.1 Å². The van der Waals surface area contributed by atoms with Crippen molar-refractivity contribution in [2.75, 3.05) is 13.2 Å². The summed E-state index contributed by atoms with van der Waals surface area (Å²) >= 11 is 0. The highest BCUT2D eigenvalue weighted by Crippen LogP contribution is 2.77. The largest absolute Gasteiger partial charge is 0.458 e. The average Bonchev–Trinajstić information content (AvgIpc) is 3.42. The molecule has 5 fully saturated rings. The van der Waals surface area contributed by atoms with Gasteiger partial charge in [-0.2, -0.15) is 0 Å². The van der Waals surface area contributed by atoms with Gasteiger partial charge < -0.3 is 14.2 Å². The first-order valence-corrected chi connectivity index (χ1v) is 13.0. The van der Waals surface area contributed by atoms with Gasteiger partial charge in [-0.1, -0.05) is 44.5 Å². The van der Waals surface area contributed by atoms with Gasteiger partial charge in [0.05, 0.1) is 18.8 Å². The molecule has 2 bridgehead atoms. The van der Waals surface area contributed by atoms with Gasteiger partial charge in [-0.25, -0.2) is 4.79 Å². The molecule has 2 spiro atoms. The maximum Gasteiger partial charge on any atom is 0.338 e. The molecule has 0 radical (unpaired) electrons. The van der Waals surface area contributed by atoms with E-state index in [-0.39, 0.29) is 28.3 Å². The van der Waals surface area contributed by atoms with Crippen molar-refractivity contribution in [2.45, 2.75) is 77.1 Å². The number of allylic oxidation sites excluding steroid dienone is 1. The molecule has 0 unspecified atom stereocenters. The van der Waals surface area contributed by atoms with Gasteiger partial charge in [0.25, 0.3) is 0 Å². The molecular weight excluding hydrogens is 412 g/mol. The lowest BCUT2D eigenvalue weighted by atomic mass is 9.39. The molecule has 0 N–H and O–H groups in total. The van der Waals surface area contributed by atoms with Gasteiger partial charge in [-0.05, 0) is 73.3 Å². The van der Waals surface area contributed by atoms with Crippen molar-refractivity contribution in [3.63, 3.8) is 0 Å². The summed E-state index contributed by atoms with van der Waals surface area (Å²) in [4.78, 5) is 13.2. The van der Waals surface area contributed by atoms with Crippen LogP contribution < -0.4 is 0 Å². The monoisotopic (exact) mass is 450 g/mol. The Bertz CT molecular complexity index is 936. The van der Waals surface area contributed by atoms with E-state index in [0.717, 1.165) is 19.3 Å². The summed E-state index contributed by atoms with van der Waals surface area (Å²) in [5.41, 5.74) is 1.11. The van der Waals surface area contributed by atoms with Crippen molar-refractivity contribution in [1.82, 2.24) is 0 Å². The second-order valence-corrected chi connectivity index (χ2v) is 12.0. The minimum absolute atomic E-state index is 0.0717. The number of esters is 1. The maximum absolute atomic E-state index is 13.2. The maximum atomic E-state index is 13.2. The Labute approximate surface area is 198 Å². The van der Waals surface area contributed by atoms with Crippen LogP contribution in [0.1, 0.15) is 75.6 Å². The number of benzene rings is 1. The topological polar surface area (TPSA) is 44.8 Å². The van der Waals surface area contributed by atoms with Gasteiger partial charge in [-0.15, -0.1) is 6.58 Å². The fraction of sp³-hybridized carbons (Fsp3) is 0.690. The van der Waals surface area contributed by atoms with Gasteiger partial charge in [-0.3, -0.25) is 0 Å². The van der Waals surface area contributed by atoms with Crippen molar-refractivity contribution in [3.05, 3.63) is 48.6 Å². The average molecular weight is 451 g/mol. The smallest absolute Gasteiger partial charge is 0.338 e. The van der Waals surface area contributed by atoms with Gasteiger partial charge in [0.2, 0.25) is 0 Å².